The molecule has 2 saturated heterocycles. The zero-order valence-electron chi connectivity index (χ0n) is 12.0. The summed E-state index contributed by atoms with van der Waals surface area (Å²) in [6, 6.07) is 3.56. The molecule has 2 atom stereocenters. The highest BCUT2D eigenvalue weighted by Gasteiger charge is 2.41. The molecule has 3 fully saturated rings. The van der Waals surface area contributed by atoms with Gasteiger partial charge in [0.15, 0.2) is 0 Å². The van der Waals surface area contributed by atoms with Crippen LogP contribution in [-0.4, -0.2) is 41.0 Å². The predicted molar refractivity (Wildman–Crippen MR) is 75.7 cm³/mol. The Labute approximate surface area is 120 Å². The number of fused-ring (bicyclic) bond motifs is 2. The third-order valence-corrected chi connectivity index (χ3v) is 5.30. The summed E-state index contributed by atoms with van der Waals surface area (Å²) in [5, 5.41) is 12.3. The topological polar surface area (TPSA) is 82.2 Å². The molecule has 1 aliphatic carbocycles. The van der Waals surface area contributed by atoms with Gasteiger partial charge in [0, 0.05) is 18.1 Å². The molecule has 3 aliphatic rings. The van der Waals surface area contributed by atoms with E-state index in [2.05, 4.69) is 16.3 Å². The molecule has 1 saturated carbocycles. The van der Waals surface area contributed by atoms with Crippen molar-refractivity contribution in [2.45, 2.75) is 75.0 Å². The van der Waals surface area contributed by atoms with Crippen molar-refractivity contribution in [3.63, 3.8) is 0 Å². The van der Waals surface area contributed by atoms with Crippen LogP contribution in [0.25, 0.3) is 0 Å². The lowest BCUT2D eigenvalue weighted by molar-refractivity contribution is -0.124. The quantitative estimate of drug-likeness (QED) is 0.802. The monoisotopic (exact) mass is 276 g/mol. The van der Waals surface area contributed by atoms with Crippen LogP contribution >= 0.6 is 0 Å². The lowest BCUT2D eigenvalue weighted by Gasteiger charge is -2.37. The van der Waals surface area contributed by atoms with Crippen molar-refractivity contribution in [1.82, 2.24) is 10.2 Å². The summed E-state index contributed by atoms with van der Waals surface area (Å²) in [5.41, 5.74) is 5.46. The maximum Gasteiger partial charge on any atom is 0.235 e. The van der Waals surface area contributed by atoms with Crippen molar-refractivity contribution in [3.8, 4) is 6.07 Å². The van der Waals surface area contributed by atoms with E-state index < -0.39 is 5.54 Å². The standard InChI is InChI=1S/C15H24N4O/c16-10-15(5-1-2-6-15)18-14(20)9-19-12-3-4-13(19)8-11(17)7-12/h11-13H,1-9,17H2,(H,18,20). The Bertz CT molecular complexity index is 410. The summed E-state index contributed by atoms with van der Waals surface area (Å²) in [7, 11) is 0. The highest BCUT2D eigenvalue weighted by Crippen LogP contribution is 2.35. The first kappa shape index (κ1) is 13.8. The predicted octanol–water partition coefficient (Wildman–Crippen LogP) is 0.893. The largest absolute Gasteiger partial charge is 0.337 e. The van der Waals surface area contributed by atoms with Gasteiger partial charge in [-0.15, -0.1) is 0 Å². The van der Waals surface area contributed by atoms with Gasteiger partial charge >= 0.3 is 0 Å². The first-order valence-electron chi connectivity index (χ1n) is 7.85. The van der Waals surface area contributed by atoms with Gasteiger partial charge in [0.2, 0.25) is 5.91 Å². The molecule has 5 heteroatoms. The molecule has 2 unspecified atom stereocenters. The minimum Gasteiger partial charge on any atom is -0.337 e. The smallest absolute Gasteiger partial charge is 0.235 e. The third-order valence-electron chi connectivity index (χ3n) is 5.30. The van der Waals surface area contributed by atoms with Crippen LogP contribution in [0.4, 0.5) is 0 Å². The minimum atomic E-state index is -0.595. The van der Waals surface area contributed by atoms with Crippen LogP contribution in [0.2, 0.25) is 0 Å². The molecule has 110 valence electrons. The molecule has 0 aromatic rings. The third kappa shape index (κ3) is 2.55. The Morgan fingerprint density at radius 2 is 1.90 bits per heavy atom. The summed E-state index contributed by atoms with van der Waals surface area (Å²) in [4.78, 5) is 14.6. The second-order valence-electron chi connectivity index (χ2n) is 6.74. The SMILES string of the molecule is N#CC1(NC(=O)CN2C3CCC2CC(N)C3)CCCC1. The molecule has 0 aromatic carbocycles. The number of hydrogen-bond acceptors (Lipinski definition) is 4. The number of piperidine rings is 1. The molecule has 0 spiro atoms. The van der Waals surface area contributed by atoms with Crippen molar-refractivity contribution < 1.29 is 4.79 Å². The van der Waals surface area contributed by atoms with Crippen LogP contribution in [-0.2, 0) is 4.79 Å². The average Bonchev–Trinajstić information content (AvgIpc) is 2.95. The number of nitrogens with two attached hydrogens (primary N) is 1. The van der Waals surface area contributed by atoms with Gasteiger partial charge in [-0.2, -0.15) is 5.26 Å². The Morgan fingerprint density at radius 1 is 1.30 bits per heavy atom. The van der Waals surface area contributed by atoms with Gasteiger partial charge in [0.25, 0.3) is 0 Å². The van der Waals surface area contributed by atoms with E-state index in [9.17, 15) is 10.1 Å². The van der Waals surface area contributed by atoms with Crippen LogP contribution in [0, 0.1) is 11.3 Å². The molecule has 2 heterocycles. The molecule has 2 bridgehead atoms. The Kier molecular flexibility index (Phi) is 3.70. The van der Waals surface area contributed by atoms with Gasteiger partial charge in [0.1, 0.15) is 5.54 Å². The highest BCUT2D eigenvalue weighted by molar-refractivity contribution is 5.79. The summed E-state index contributed by atoms with van der Waals surface area (Å²) in [6.45, 7) is 0.436. The first-order valence-corrected chi connectivity index (χ1v) is 7.85. The summed E-state index contributed by atoms with van der Waals surface area (Å²) < 4.78 is 0. The number of carbonyl (C=O) groups is 1. The average molecular weight is 276 g/mol. The molecular formula is C15H24N4O. The number of nitriles is 1. The van der Waals surface area contributed by atoms with Crippen LogP contribution in [0.1, 0.15) is 51.4 Å². The highest BCUT2D eigenvalue weighted by atomic mass is 16.2. The molecule has 0 radical (unpaired) electrons. The van der Waals surface area contributed by atoms with Crippen LogP contribution in [0.5, 0.6) is 0 Å². The van der Waals surface area contributed by atoms with E-state index in [0.717, 1.165) is 51.4 Å². The number of nitrogens with zero attached hydrogens (tertiary/aromatic N) is 2. The summed E-state index contributed by atoms with van der Waals surface area (Å²) in [5.74, 6) is 0.0146. The second kappa shape index (κ2) is 5.34. The fraction of sp³-hybridized carbons (Fsp3) is 0.867. The second-order valence-corrected chi connectivity index (χ2v) is 6.74. The van der Waals surface area contributed by atoms with E-state index in [4.69, 9.17) is 5.73 Å². The molecule has 0 aromatic heterocycles. The Morgan fingerprint density at radius 3 is 2.45 bits per heavy atom. The van der Waals surface area contributed by atoms with Crippen molar-refractivity contribution in [2.24, 2.45) is 5.73 Å². The van der Waals surface area contributed by atoms with Crippen molar-refractivity contribution in [2.75, 3.05) is 6.54 Å². The van der Waals surface area contributed by atoms with Gasteiger partial charge < -0.3 is 11.1 Å². The Balaban J connectivity index is 1.58. The zero-order valence-corrected chi connectivity index (χ0v) is 12.0. The lowest BCUT2D eigenvalue weighted by atomic mass is 9.97. The molecule has 5 nitrogen and oxygen atoms in total. The normalized spacial score (nSPS) is 35.7. The van der Waals surface area contributed by atoms with E-state index in [-0.39, 0.29) is 5.91 Å². The fourth-order valence-corrected chi connectivity index (χ4v) is 4.29. The van der Waals surface area contributed by atoms with Crippen molar-refractivity contribution >= 4 is 5.91 Å². The maximum absolute atomic E-state index is 12.3. The van der Waals surface area contributed by atoms with E-state index in [1.54, 1.807) is 0 Å². The number of carbonyl (C=O) groups excluding carboxylic acids is 1. The molecule has 2 aliphatic heterocycles. The van der Waals surface area contributed by atoms with E-state index in [1.807, 2.05) is 0 Å². The molecule has 3 N–H and O–H groups in total. The van der Waals surface area contributed by atoms with Gasteiger partial charge in [-0.05, 0) is 51.4 Å². The van der Waals surface area contributed by atoms with Gasteiger partial charge in [-0.3, -0.25) is 9.69 Å². The van der Waals surface area contributed by atoms with Crippen molar-refractivity contribution in [1.29, 1.82) is 5.26 Å². The number of hydrogen-bond donors (Lipinski definition) is 2. The molecule has 3 rings (SSSR count). The lowest BCUT2D eigenvalue weighted by Crippen LogP contribution is -2.54. The van der Waals surface area contributed by atoms with Gasteiger partial charge in [-0.1, -0.05) is 0 Å². The van der Waals surface area contributed by atoms with Crippen LogP contribution < -0.4 is 11.1 Å². The molecule has 20 heavy (non-hydrogen) atoms. The Hall–Kier alpha value is -1.12. The van der Waals surface area contributed by atoms with E-state index in [0.29, 0.717) is 24.7 Å². The zero-order chi connectivity index (χ0) is 14.2. The van der Waals surface area contributed by atoms with E-state index in [1.165, 1.54) is 0 Å². The van der Waals surface area contributed by atoms with Gasteiger partial charge in [-0.25, -0.2) is 0 Å². The summed E-state index contributed by atoms with van der Waals surface area (Å²) >= 11 is 0. The minimum absolute atomic E-state index is 0.0146. The van der Waals surface area contributed by atoms with Crippen LogP contribution in [0.3, 0.4) is 0 Å². The molecule has 1 amide bonds. The van der Waals surface area contributed by atoms with Crippen LogP contribution in [0.15, 0.2) is 0 Å². The number of nitrogens with one attached hydrogen (secondary N) is 1. The fourth-order valence-electron chi connectivity index (χ4n) is 4.29. The van der Waals surface area contributed by atoms with Crippen molar-refractivity contribution in [3.05, 3.63) is 0 Å². The number of rotatable bonds is 3. The first-order chi connectivity index (χ1) is 9.62. The molecular weight excluding hydrogens is 252 g/mol. The van der Waals surface area contributed by atoms with Gasteiger partial charge in [0.05, 0.1) is 12.6 Å². The summed E-state index contributed by atoms with van der Waals surface area (Å²) in [6.07, 6.45) is 8.01. The van der Waals surface area contributed by atoms with E-state index >= 15 is 0 Å². The number of amides is 1. The maximum atomic E-state index is 12.3.